The first-order chi connectivity index (χ1) is 6.81. The molecule has 0 atom stereocenters. The summed E-state index contributed by atoms with van der Waals surface area (Å²) in [6, 6.07) is 0. The number of allylic oxidation sites excluding steroid dienone is 2. The molecule has 0 unspecified atom stereocenters. The van der Waals surface area contributed by atoms with Crippen LogP contribution in [-0.2, 0) is 9.53 Å². The molecule has 0 radical (unpaired) electrons. The SMILES string of the molecule is CCC/C=C/CCC(=O)OCCCC. The predicted octanol–water partition coefficient (Wildman–Crippen LogP) is 3.47. The van der Waals surface area contributed by atoms with E-state index in [1.54, 1.807) is 0 Å². The molecular weight excluding hydrogens is 176 g/mol. The smallest absolute Gasteiger partial charge is 0.306 e. The Morgan fingerprint density at radius 3 is 2.50 bits per heavy atom. The molecule has 0 aliphatic rings. The third-order valence-electron chi connectivity index (χ3n) is 1.90. The summed E-state index contributed by atoms with van der Waals surface area (Å²) in [5.41, 5.74) is 0. The van der Waals surface area contributed by atoms with Crippen molar-refractivity contribution in [1.29, 1.82) is 0 Å². The quantitative estimate of drug-likeness (QED) is 0.339. The highest BCUT2D eigenvalue weighted by molar-refractivity contribution is 5.69. The lowest BCUT2D eigenvalue weighted by Gasteiger charge is -2.01. The van der Waals surface area contributed by atoms with Gasteiger partial charge in [-0.05, 0) is 19.3 Å². The molecule has 0 spiro atoms. The molecule has 0 heterocycles. The number of rotatable bonds is 8. The first-order valence-corrected chi connectivity index (χ1v) is 5.61. The Morgan fingerprint density at radius 1 is 1.14 bits per heavy atom. The molecule has 0 aromatic rings. The molecule has 0 aliphatic carbocycles. The van der Waals surface area contributed by atoms with E-state index in [2.05, 4.69) is 26.0 Å². The van der Waals surface area contributed by atoms with Gasteiger partial charge in [-0.25, -0.2) is 0 Å². The van der Waals surface area contributed by atoms with Crippen molar-refractivity contribution in [3.05, 3.63) is 12.2 Å². The van der Waals surface area contributed by atoms with Gasteiger partial charge in [0.25, 0.3) is 0 Å². The van der Waals surface area contributed by atoms with Gasteiger partial charge in [0.15, 0.2) is 0 Å². The van der Waals surface area contributed by atoms with Gasteiger partial charge in [-0.1, -0.05) is 38.8 Å². The second-order valence-corrected chi connectivity index (χ2v) is 3.37. The van der Waals surface area contributed by atoms with Gasteiger partial charge in [-0.3, -0.25) is 4.79 Å². The zero-order valence-corrected chi connectivity index (χ0v) is 9.42. The molecule has 0 aliphatic heterocycles. The lowest BCUT2D eigenvalue weighted by molar-refractivity contribution is -0.143. The molecule has 2 nitrogen and oxygen atoms in total. The highest BCUT2D eigenvalue weighted by atomic mass is 16.5. The van der Waals surface area contributed by atoms with E-state index < -0.39 is 0 Å². The van der Waals surface area contributed by atoms with Crippen molar-refractivity contribution in [2.45, 2.75) is 52.4 Å². The molecule has 0 saturated heterocycles. The van der Waals surface area contributed by atoms with Crippen LogP contribution in [0.2, 0.25) is 0 Å². The Kier molecular flexibility index (Phi) is 9.71. The Hall–Kier alpha value is -0.790. The van der Waals surface area contributed by atoms with Crippen molar-refractivity contribution in [3.63, 3.8) is 0 Å². The maximum atomic E-state index is 11.1. The maximum absolute atomic E-state index is 11.1. The summed E-state index contributed by atoms with van der Waals surface area (Å²) in [6.45, 7) is 4.80. The fraction of sp³-hybridized carbons (Fsp3) is 0.750. The minimum atomic E-state index is -0.0698. The number of esters is 1. The van der Waals surface area contributed by atoms with Crippen LogP contribution < -0.4 is 0 Å². The second-order valence-electron chi connectivity index (χ2n) is 3.37. The Balaban J connectivity index is 3.26. The number of unbranched alkanes of at least 4 members (excludes halogenated alkanes) is 2. The van der Waals surface area contributed by atoms with E-state index in [4.69, 9.17) is 4.74 Å². The van der Waals surface area contributed by atoms with E-state index in [0.717, 1.165) is 32.1 Å². The van der Waals surface area contributed by atoms with Crippen molar-refractivity contribution in [1.82, 2.24) is 0 Å². The van der Waals surface area contributed by atoms with Crippen LogP contribution >= 0.6 is 0 Å². The monoisotopic (exact) mass is 198 g/mol. The zero-order chi connectivity index (χ0) is 10.6. The maximum Gasteiger partial charge on any atom is 0.306 e. The summed E-state index contributed by atoms with van der Waals surface area (Å²) in [5.74, 6) is -0.0698. The van der Waals surface area contributed by atoms with Crippen LogP contribution in [0.25, 0.3) is 0 Å². The Morgan fingerprint density at radius 2 is 1.86 bits per heavy atom. The van der Waals surface area contributed by atoms with Gasteiger partial charge in [0, 0.05) is 6.42 Å². The van der Waals surface area contributed by atoms with Crippen LogP contribution in [0.1, 0.15) is 52.4 Å². The first-order valence-electron chi connectivity index (χ1n) is 5.61. The highest BCUT2D eigenvalue weighted by Gasteiger charge is 1.99. The van der Waals surface area contributed by atoms with E-state index in [1.807, 2.05) is 0 Å². The molecule has 0 aromatic carbocycles. The molecule has 14 heavy (non-hydrogen) atoms. The topological polar surface area (TPSA) is 26.3 Å². The standard InChI is InChI=1S/C12H22O2/c1-3-5-7-8-9-10-12(13)14-11-6-4-2/h7-8H,3-6,9-11H2,1-2H3/b8-7+. The van der Waals surface area contributed by atoms with Gasteiger partial charge in [-0.2, -0.15) is 0 Å². The van der Waals surface area contributed by atoms with Crippen LogP contribution in [0.5, 0.6) is 0 Å². The summed E-state index contributed by atoms with van der Waals surface area (Å²) < 4.78 is 5.02. The van der Waals surface area contributed by atoms with Crippen LogP contribution in [0.3, 0.4) is 0 Å². The van der Waals surface area contributed by atoms with Crippen molar-refractivity contribution < 1.29 is 9.53 Å². The van der Waals surface area contributed by atoms with Gasteiger partial charge >= 0.3 is 5.97 Å². The molecule has 0 N–H and O–H groups in total. The normalized spacial score (nSPS) is 10.7. The minimum Gasteiger partial charge on any atom is -0.466 e. The van der Waals surface area contributed by atoms with Crippen LogP contribution in [0, 0.1) is 0 Å². The summed E-state index contributed by atoms with van der Waals surface area (Å²) in [6.07, 6.45) is 9.82. The molecule has 2 heteroatoms. The van der Waals surface area contributed by atoms with Gasteiger partial charge in [0.2, 0.25) is 0 Å². The number of hydrogen-bond donors (Lipinski definition) is 0. The van der Waals surface area contributed by atoms with Gasteiger partial charge in [-0.15, -0.1) is 0 Å². The molecule has 0 rings (SSSR count). The summed E-state index contributed by atoms with van der Waals surface area (Å²) >= 11 is 0. The number of carbonyl (C=O) groups excluding carboxylic acids is 1. The van der Waals surface area contributed by atoms with Gasteiger partial charge < -0.3 is 4.74 Å². The van der Waals surface area contributed by atoms with Crippen molar-refractivity contribution in [2.75, 3.05) is 6.61 Å². The average Bonchev–Trinajstić information content (AvgIpc) is 2.18. The van der Waals surface area contributed by atoms with Crippen LogP contribution in [0.4, 0.5) is 0 Å². The zero-order valence-electron chi connectivity index (χ0n) is 9.42. The van der Waals surface area contributed by atoms with Gasteiger partial charge in [0.05, 0.1) is 6.61 Å². The Bertz CT molecular complexity index is 162. The lowest BCUT2D eigenvalue weighted by Crippen LogP contribution is -2.04. The fourth-order valence-electron chi connectivity index (χ4n) is 1.01. The third-order valence-corrected chi connectivity index (χ3v) is 1.90. The molecule has 0 amide bonds. The van der Waals surface area contributed by atoms with E-state index in [-0.39, 0.29) is 5.97 Å². The highest BCUT2D eigenvalue weighted by Crippen LogP contribution is 1.98. The van der Waals surface area contributed by atoms with E-state index in [0.29, 0.717) is 13.0 Å². The number of carbonyl (C=O) groups is 1. The van der Waals surface area contributed by atoms with E-state index >= 15 is 0 Å². The summed E-state index contributed by atoms with van der Waals surface area (Å²) in [5, 5.41) is 0. The average molecular weight is 198 g/mol. The lowest BCUT2D eigenvalue weighted by atomic mass is 10.2. The number of ether oxygens (including phenoxy) is 1. The predicted molar refractivity (Wildman–Crippen MR) is 59.1 cm³/mol. The minimum absolute atomic E-state index is 0.0698. The largest absolute Gasteiger partial charge is 0.466 e. The molecule has 82 valence electrons. The fourth-order valence-corrected chi connectivity index (χ4v) is 1.01. The number of hydrogen-bond acceptors (Lipinski definition) is 2. The van der Waals surface area contributed by atoms with E-state index in [9.17, 15) is 4.79 Å². The van der Waals surface area contributed by atoms with Crippen molar-refractivity contribution in [2.24, 2.45) is 0 Å². The molecular formula is C12H22O2. The third kappa shape index (κ3) is 9.30. The van der Waals surface area contributed by atoms with Gasteiger partial charge in [0.1, 0.15) is 0 Å². The van der Waals surface area contributed by atoms with Crippen LogP contribution in [-0.4, -0.2) is 12.6 Å². The summed E-state index contributed by atoms with van der Waals surface area (Å²) in [7, 11) is 0. The molecule has 0 aromatic heterocycles. The first kappa shape index (κ1) is 13.2. The summed E-state index contributed by atoms with van der Waals surface area (Å²) in [4.78, 5) is 11.1. The molecule has 0 bridgehead atoms. The molecule has 0 saturated carbocycles. The molecule has 0 fully saturated rings. The van der Waals surface area contributed by atoms with Crippen molar-refractivity contribution >= 4 is 5.97 Å². The van der Waals surface area contributed by atoms with E-state index in [1.165, 1.54) is 0 Å². The second kappa shape index (κ2) is 10.3. The van der Waals surface area contributed by atoms with Crippen molar-refractivity contribution in [3.8, 4) is 0 Å². The van der Waals surface area contributed by atoms with Crippen LogP contribution in [0.15, 0.2) is 12.2 Å². The Labute approximate surface area is 87.3 Å².